The number of furan rings is 1. The first-order chi connectivity index (χ1) is 17.4. The molecule has 1 aromatic heterocycles. The summed E-state index contributed by atoms with van der Waals surface area (Å²) in [5.41, 5.74) is 1.43. The molecule has 190 valence electrons. The number of nitrogens with zero attached hydrogens (tertiary/aromatic N) is 2. The van der Waals surface area contributed by atoms with E-state index in [9.17, 15) is 15.0 Å². The Hall–Kier alpha value is -2.77. The summed E-state index contributed by atoms with van der Waals surface area (Å²) in [5, 5.41) is 23.4. The lowest BCUT2D eigenvalue weighted by Gasteiger charge is -2.65. The van der Waals surface area contributed by atoms with Crippen LogP contribution in [-0.2, 0) is 16.6 Å². The largest absolute Gasteiger partial charge is 0.504 e. The number of ether oxygens (including phenoxy) is 1. The van der Waals surface area contributed by atoms with Crippen LogP contribution in [-0.4, -0.2) is 69.8 Å². The molecule has 0 radical (unpaired) electrons. The van der Waals surface area contributed by atoms with E-state index in [4.69, 9.17) is 9.15 Å². The fourth-order valence-corrected chi connectivity index (χ4v) is 8.05. The van der Waals surface area contributed by atoms with E-state index in [1.165, 1.54) is 24.8 Å². The number of rotatable bonds is 5. The quantitative estimate of drug-likeness (QED) is 0.625. The standard InChI is InChI=1S/C29H34N2O5/c1-30(24(33)8-5-19-10-14-35-17-19)21-9-11-29(34)23-15-20-6-7-22(32)26-25(20)28(29,27(21)36-26)12-13-31(23)16-18-3-2-4-18/h5-8,10,14,17-18,21,23,27,32,34H,2-4,9,11-13,15-16H2,1H3/b8-5+/t21-,23-,27+,28+,29-/m1/s1. The minimum Gasteiger partial charge on any atom is -0.504 e. The van der Waals surface area contributed by atoms with E-state index < -0.39 is 17.1 Å². The highest BCUT2D eigenvalue weighted by Crippen LogP contribution is 2.65. The number of hydrogen-bond acceptors (Lipinski definition) is 6. The fraction of sp³-hybridized carbons (Fsp3) is 0.552. The molecule has 1 amide bonds. The lowest BCUT2D eigenvalue weighted by atomic mass is 9.48. The van der Waals surface area contributed by atoms with E-state index in [0.29, 0.717) is 18.6 Å². The predicted octanol–water partition coefficient (Wildman–Crippen LogP) is 3.48. The summed E-state index contributed by atoms with van der Waals surface area (Å²) >= 11 is 0. The number of carbonyl (C=O) groups is 1. The van der Waals surface area contributed by atoms with Gasteiger partial charge in [0, 0.05) is 36.8 Å². The second-order valence-electron chi connectivity index (χ2n) is 11.6. The number of aromatic hydroxyl groups is 1. The van der Waals surface area contributed by atoms with Crippen LogP contribution in [0.2, 0.25) is 0 Å². The van der Waals surface area contributed by atoms with Gasteiger partial charge >= 0.3 is 0 Å². The van der Waals surface area contributed by atoms with E-state index in [1.54, 1.807) is 35.6 Å². The molecule has 7 heteroatoms. The van der Waals surface area contributed by atoms with Gasteiger partial charge in [-0.3, -0.25) is 9.69 Å². The van der Waals surface area contributed by atoms with Crippen molar-refractivity contribution in [3.8, 4) is 11.5 Å². The Morgan fingerprint density at radius 1 is 1.25 bits per heavy atom. The van der Waals surface area contributed by atoms with Gasteiger partial charge in [0.15, 0.2) is 11.5 Å². The maximum atomic E-state index is 13.2. The third-order valence-corrected chi connectivity index (χ3v) is 10.1. The zero-order valence-electron chi connectivity index (χ0n) is 20.7. The Bertz CT molecular complexity index is 1220. The maximum Gasteiger partial charge on any atom is 0.246 e. The first kappa shape index (κ1) is 22.4. The average Bonchev–Trinajstić information content (AvgIpc) is 3.48. The number of aliphatic hydroxyl groups is 1. The normalized spacial score (nSPS) is 34.8. The lowest BCUT2D eigenvalue weighted by molar-refractivity contribution is -0.201. The zero-order valence-corrected chi connectivity index (χ0v) is 20.7. The Morgan fingerprint density at radius 3 is 2.86 bits per heavy atom. The fourth-order valence-electron chi connectivity index (χ4n) is 8.05. The maximum absolute atomic E-state index is 13.2. The van der Waals surface area contributed by atoms with E-state index in [0.717, 1.165) is 43.0 Å². The van der Waals surface area contributed by atoms with Gasteiger partial charge in [-0.1, -0.05) is 12.5 Å². The van der Waals surface area contributed by atoms with Gasteiger partial charge in [0.1, 0.15) is 6.10 Å². The van der Waals surface area contributed by atoms with Gasteiger partial charge in [-0.25, -0.2) is 0 Å². The van der Waals surface area contributed by atoms with Crippen molar-refractivity contribution in [1.82, 2.24) is 9.80 Å². The van der Waals surface area contributed by atoms with E-state index in [1.807, 2.05) is 19.2 Å². The summed E-state index contributed by atoms with van der Waals surface area (Å²) < 4.78 is 11.7. The summed E-state index contributed by atoms with van der Waals surface area (Å²) in [7, 11) is 1.83. The number of piperidine rings is 1. The number of benzene rings is 1. The van der Waals surface area contributed by atoms with Crippen molar-refractivity contribution in [1.29, 1.82) is 0 Å². The molecule has 3 heterocycles. The third-order valence-electron chi connectivity index (χ3n) is 10.1. The van der Waals surface area contributed by atoms with Gasteiger partial charge in [-0.05, 0) is 74.8 Å². The number of phenols is 1. The molecule has 1 saturated heterocycles. The van der Waals surface area contributed by atoms with Crippen molar-refractivity contribution >= 4 is 12.0 Å². The molecule has 2 saturated carbocycles. The number of amides is 1. The van der Waals surface area contributed by atoms with Crippen LogP contribution < -0.4 is 4.74 Å². The number of carbonyl (C=O) groups excluding carboxylic acids is 1. The highest BCUT2D eigenvalue weighted by atomic mass is 16.5. The number of likely N-dealkylation sites (tertiary alicyclic amines) is 1. The van der Waals surface area contributed by atoms with Crippen LogP contribution in [0, 0.1) is 5.92 Å². The Balaban J connectivity index is 1.26. The molecule has 5 aliphatic rings. The van der Waals surface area contributed by atoms with Crippen molar-refractivity contribution < 1.29 is 24.2 Å². The van der Waals surface area contributed by atoms with Crippen molar-refractivity contribution in [2.45, 2.75) is 74.1 Å². The van der Waals surface area contributed by atoms with Crippen LogP contribution in [0.15, 0.2) is 41.2 Å². The van der Waals surface area contributed by atoms with Gasteiger partial charge in [-0.2, -0.15) is 0 Å². The molecule has 7 nitrogen and oxygen atoms in total. The molecule has 1 aromatic carbocycles. The van der Waals surface area contributed by atoms with Crippen LogP contribution in [0.1, 0.15) is 55.2 Å². The van der Waals surface area contributed by atoms with Crippen LogP contribution in [0.5, 0.6) is 11.5 Å². The molecule has 2 N–H and O–H groups in total. The Labute approximate surface area is 211 Å². The summed E-state index contributed by atoms with van der Waals surface area (Å²) in [6.07, 6.45) is 12.8. The monoisotopic (exact) mass is 490 g/mol. The predicted molar refractivity (Wildman–Crippen MR) is 134 cm³/mol. The lowest BCUT2D eigenvalue weighted by Crippen LogP contribution is -2.78. The highest BCUT2D eigenvalue weighted by molar-refractivity contribution is 5.91. The van der Waals surface area contributed by atoms with Gasteiger partial charge in [0.05, 0.1) is 29.6 Å². The molecular formula is C29H34N2O5. The topological polar surface area (TPSA) is 86.4 Å². The van der Waals surface area contributed by atoms with Gasteiger partial charge in [0.25, 0.3) is 0 Å². The minimum atomic E-state index is -0.946. The van der Waals surface area contributed by atoms with Crippen molar-refractivity contribution in [3.05, 3.63) is 53.5 Å². The van der Waals surface area contributed by atoms with E-state index in [2.05, 4.69) is 4.90 Å². The minimum absolute atomic E-state index is 0.0314. The second-order valence-corrected chi connectivity index (χ2v) is 11.6. The molecule has 7 rings (SSSR count). The van der Waals surface area contributed by atoms with Crippen LogP contribution in [0.4, 0.5) is 0 Å². The molecule has 2 bridgehead atoms. The summed E-state index contributed by atoms with van der Waals surface area (Å²) in [6, 6.07) is 5.39. The number of phenolic OH excluding ortho intramolecular Hbond substituents is 1. The molecule has 3 aliphatic carbocycles. The van der Waals surface area contributed by atoms with Crippen molar-refractivity contribution in [2.75, 3.05) is 20.1 Å². The smallest absolute Gasteiger partial charge is 0.246 e. The Kier molecular flexibility index (Phi) is 4.90. The SMILES string of the molecule is CN(C(=O)/C=C/c1ccoc1)[C@@H]1CC[C@@]2(O)[C@H]3Cc4ccc(O)c5c4[C@@]2(CCN3CC2CCC2)[C@H]1O5. The molecule has 36 heavy (non-hydrogen) atoms. The van der Waals surface area contributed by atoms with Crippen LogP contribution >= 0.6 is 0 Å². The molecular weight excluding hydrogens is 456 g/mol. The zero-order chi connectivity index (χ0) is 24.7. The molecule has 5 atom stereocenters. The number of likely N-dealkylation sites (N-methyl/N-ethyl adjacent to an activating group) is 1. The third kappa shape index (κ3) is 2.90. The second kappa shape index (κ2) is 7.86. The van der Waals surface area contributed by atoms with E-state index in [-0.39, 0.29) is 23.7 Å². The first-order valence-corrected chi connectivity index (χ1v) is 13.4. The van der Waals surface area contributed by atoms with Gasteiger partial charge < -0.3 is 24.3 Å². The summed E-state index contributed by atoms with van der Waals surface area (Å²) in [5.74, 6) is 1.27. The molecule has 2 aromatic rings. The Morgan fingerprint density at radius 2 is 2.11 bits per heavy atom. The average molecular weight is 491 g/mol. The summed E-state index contributed by atoms with van der Waals surface area (Å²) in [6.45, 7) is 1.96. The molecule has 2 aliphatic heterocycles. The number of hydrogen-bond donors (Lipinski definition) is 2. The molecule has 3 fully saturated rings. The van der Waals surface area contributed by atoms with Crippen molar-refractivity contribution in [3.63, 3.8) is 0 Å². The van der Waals surface area contributed by atoms with Gasteiger partial charge in [-0.15, -0.1) is 0 Å². The van der Waals surface area contributed by atoms with Crippen LogP contribution in [0.25, 0.3) is 6.08 Å². The van der Waals surface area contributed by atoms with Crippen LogP contribution in [0.3, 0.4) is 0 Å². The highest BCUT2D eigenvalue weighted by Gasteiger charge is 2.73. The molecule has 1 spiro atoms. The van der Waals surface area contributed by atoms with Gasteiger partial charge in [0.2, 0.25) is 5.91 Å². The van der Waals surface area contributed by atoms with Crippen molar-refractivity contribution in [2.24, 2.45) is 5.92 Å². The first-order valence-electron chi connectivity index (χ1n) is 13.4. The van der Waals surface area contributed by atoms with E-state index >= 15 is 0 Å². The molecule has 0 unspecified atom stereocenters. The summed E-state index contributed by atoms with van der Waals surface area (Å²) in [4.78, 5) is 17.5.